The highest BCUT2D eigenvalue weighted by Crippen LogP contribution is 2.38. The van der Waals surface area contributed by atoms with E-state index in [1.165, 1.54) is 44.3 Å². The molecule has 3 rings (SSSR count). The van der Waals surface area contributed by atoms with Gasteiger partial charge in [-0.2, -0.15) is 0 Å². The van der Waals surface area contributed by atoms with Gasteiger partial charge in [0.25, 0.3) is 0 Å². The number of hydrogen-bond donors (Lipinski definition) is 1. The maximum Gasteiger partial charge on any atom is 0.0950 e. The third kappa shape index (κ3) is 2.71. The fourth-order valence-electron chi connectivity index (χ4n) is 4.08. The Bertz CT molecular complexity index is 406. The Morgan fingerprint density at radius 3 is 2.89 bits per heavy atom. The van der Waals surface area contributed by atoms with Crippen LogP contribution in [0.2, 0.25) is 0 Å². The maximum atomic E-state index is 4.46. The van der Waals surface area contributed by atoms with E-state index in [4.69, 9.17) is 0 Å². The molecule has 1 aliphatic heterocycles. The number of imidazole rings is 1. The number of rotatable bonds is 2. The fourth-order valence-corrected chi connectivity index (χ4v) is 4.08. The van der Waals surface area contributed by atoms with Gasteiger partial charge in [-0.05, 0) is 50.5 Å². The van der Waals surface area contributed by atoms with E-state index in [1.807, 2.05) is 0 Å². The molecule has 0 aromatic carbocycles. The van der Waals surface area contributed by atoms with Crippen molar-refractivity contribution in [1.29, 1.82) is 0 Å². The predicted molar refractivity (Wildman–Crippen MR) is 78.3 cm³/mol. The minimum absolute atomic E-state index is 0.669. The van der Waals surface area contributed by atoms with Crippen molar-refractivity contribution in [3.63, 3.8) is 0 Å². The van der Waals surface area contributed by atoms with Crippen LogP contribution in [0, 0.1) is 11.8 Å². The van der Waals surface area contributed by atoms with Crippen molar-refractivity contribution < 1.29 is 0 Å². The molecule has 1 saturated heterocycles. The van der Waals surface area contributed by atoms with Crippen molar-refractivity contribution in [2.24, 2.45) is 11.8 Å². The second-order valence-electron chi connectivity index (χ2n) is 6.73. The van der Waals surface area contributed by atoms with Crippen molar-refractivity contribution in [3.8, 4) is 0 Å². The van der Waals surface area contributed by atoms with Gasteiger partial charge in [0.15, 0.2) is 0 Å². The lowest BCUT2D eigenvalue weighted by Gasteiger charge is -2.36. The summed E-state index contributed by atoms with van der Waals surface area (Å²) in [6, 6.07) is 0.677. The zero-order valence-electron chi connectivity index (χ0n) is 12.3. The van der Waals surface area contributed by atoms with Crippen LogP contribution in [0.3, 0.4) is 0 Å². The first kappa shape index (κ1) is 13.2. The van der Waals surface area contributed by atoms with Gasteiger partial charge in [-0.3, -0.25) is 0 Å². The average molecular weight is 261 g/mol. The predicted octanol–water partition coefficient (Wildman–Crippen LogP) is 3.35. The zero-order chi connectivity index (χ0) is 13.2. The molecule has 3 heteroatoms. The molecular weight excluding hydrogens is 234 g/mol. The average Bonchev–Trinajstić information content (AvgIpc) is 2.89. The first-order valence-corrected chi connectivity index (χ1v) is 7.98. The zero-order valence-corrected chi connectivity index (χ0v) is 12.3. The summed E-state index contributed by atoms with van der Waals surface area (Å²) in [6.45, 7) is 7.13. The molecule has 1 saturated carbocycles. The topological polar surface area (TPSA) is 29.9 Å². The summed E-state index contributed by atoms with van der Waals surface area (Å²) in [5.41, 5.74) is 1.47. The monoisotopic (exact) mass is 261 g/mol. The van der Waals surface area contributed by atoms with Gasteiger partial charge in [0, 0.05) is 30.4 Å². The molecule has 106 valence electrons. The molecule has 0 bridgehead atoms. The van der Waals surface area contributed by atoms with Crippen LogP contribution in [0.5, 0.6) is 0 Å². The van der Waals surface area contributed by atoms with Gasteiger partial charge >= 0.3 is 0 Å². The summed E-state index contributed by atoms with van der Waals surface area (Å²) >= 11 is 0. The van der Waals surface area contributed by atoms with Crippen LogP contribution < -0.4 is 5.32 Å². The van der Waals surface area contributed by atoms with Gasteiger partial charge in [-0.1, -0.05) is 13.8 Å². The lowest BCUT2D eigenvalue weighted by molar-refractivity contribution is 0.202. The lowest BCUT2D eigenvalue weighted by atomic mass is 9.79. The van der Waals surface area contributed by atoms with Gasteiger partial charge < -0.3 is 9.88 Å². The second-order valence-corrected chi connectivity index (χ2v) is 6.73. The van der Waals surface area contributed by atoms with Gasteiger partial charge in [0.1, 0.15) is 0 Å². The van der Waals surface area contributed by atoms with E-state index in [2.05, 4.69) is 41.2 Å². The minimum atomic E-state index is 0.669. The molecule has 1 aromatic rings. The molecule has 2 fully saturated rings. The minimum Gasteiger partial charge on any atom is -0.331 e. The fraction of sp³-hybridized carbons (Fsp3) is 0.812. The quantitative estimate of drug-likeness (QED) is 0.885. The van der Waals surface area contributed by atoms with Gasteiger partial charge in [-0.25, -0.2) is 4.98 Å². The van der Waals surface area contributed by atoms with Crippen molar-refractivity contribution in [1.82, 2.24) is 14.9 Å². The van der Waals surface area contributed by atoms with E-state index in [0.29, 0.717) is 12.0 Å². The highest BCUT2D eigenvalue weighted by Gasteiger charge is 2.29. The van der Waals surface area contributed by atoms with Crippen LogP contribution in [0.25, 0.3) is 0 Å². The van der Waals surface area contributed by atoms with E-state index in [1.54, 1.807) is 0 Å². The van der Waals surface area contributed by atoms with Crippen LogP contribution in [0.1, 0.15) is 63.6 Å². The van der Waals surface area contributed by atoms with Crippen molar-refractivity contribution >= 4 is 0 Å². The van der Waals surface area contributed by atoms with Crippen LogP contribution in [-0.2, 0) is 0 Å². The molecule has 1 aromatic heterocycles. The lowest BCUT2D eigenvalue weighted by Crippen LogP contribution is -2.31. The Labute approximate surface area is 116 Å². The van der Waals surface area contributed by atoms with Crippen molar-refractivity contribution in [2.75, 3.05) is 13.1 Å². The van der Waals surface area contributed by atoms with Crippen LogP contribution in [0.15, 0.2) is 12.5 Å². The summed E-state index contributed by atoms with van der Waals surface area (Å²) in [4.78, 5) is 4.46. The Balaban J connectivity index is 1.79. The standard InChI is InChI=1S/C16H27N3/c1-12-5-6-15(13(2)8-12)19-11-18-10-16(19)14-4-3-7-17-9-14/h10-15,17H,3-9H2,1-2H3. The van der Waals surface area contributed by atoms with Crippen molar-refractivity contribution in [2.45, 2.75) is 57.9 Å². The molecule has 2 heterocycles. The molecule has 0 radical (unpaired) electrons. The van der Waals surface area contributed by atoms with Crippen LogP contribution in [-0.4, -0.2) is 22.6 Å². The third-order valence-electron chi connectivity index (χ3n) is 5.15. The molecule has 3 nitrogen and oxygen atoms in total. The van der Waals surface area contributed by atoms with E-state index in [9.17, 15) is 0 Å². The molecule has 0 amide bonds. The van der Waals surface area contributed by atoms with E-state index in [-0.39, 0.29) is 0 Å². The Hall–Kier alpha value is -0.830. The molecule has 1 N–H and O–H groups in total. The van der Waals surface area contributed by atoms with Crippen molar-refractivity contribution in [3.05, 3.63) is 18.2 Å². The SMILES string of the molecule is CC1CCC(n2cncc2C2CCCNC2)C(C)C1. The summed E-state index contributed by atoms with van der Waals surface area (Å²) in [7, 11) is 0. The highest BCUT2D eigenvalue weighted by molar-refractivity contribution is 5.10. The Morgan fingerprint density at radius 2 is 2.16 bits per heavy atom. The molecule has 4 unspecified atom stereocenters. The Kier molecular flexibility index (Phi) is 3.92. The summed E-state index contributed by atoms with van der Waals surface area (Å²) in [5.74, 6) is 2.35. The number of nitrogens with one attached hydrogen (secondary N) is 1. The van der Waals surface area contributed by atoms with Gasteiger partial charge in [0.2, 0.25) is 0 Å². The first-order chi connectivity index (χ1) is 9.25. The van der Waals surface area contributed by atoms with E-state index < -0.39 is 0 Å². The largest absolute Gasteiger partial charge is 0.331 e. The summed E-state index contributed by atoms with van der Waals surface area (Å²) in [6.07, 6.45) is 10.9. The smallest absolute Gasteiger partial charge is 0.0950 e. The number of hydrogen-bond acceptors (Lipinski definition) is 2. The molecular formula is C16H27N3. The Morgan fingerprint density at radius 1 is 1.26 bits per heavy atom. The second kappa shape index (κ2) is 5.66. The maximum absolute atomic E-state index is 4.46. The van der Waals surface area contributed by atoms with Crippen LogP contribution >= 0.6 is 0 Å². The molecule has 2 aliphatic rings. The summed E-state index contributed by atoms with van der Waals surface area (Å²) < 4.78 is 2.51. The number of piperidine rings is 1. The van der Waals surface area contributed by atoms with Crippen LogP contribution in [0.4, 0.5) is 0 Å². The molecule has 4 atom stereocenters. The van der Waals surface area contributed by atoms with E-state index >= 15 is 0 Å². The molecule has 19 heavy (non-hydrogen) atoms. The molecule has 1 aliphatic carbocycles. The van der Waals surface area contributed by atoms with E-state index in [0.717, 1.165) is 18.4 Å². The number of aromatic nitrogens is 2. The third-order valence-corrected chi connectivity index (χ3v) is 5.15. The molecule has 0 spiro atoms. The summed E-state index contributed by atoms with van der Waals surface area (Å²) in [5, 5.41) is 3.53. The first-order valence-electron chi connectivity index (χ1n) is 7.98. The van der Waals surface area contributed by atoms with Gasteiger partial charge in [0.05, 0.1) is 6.33 Å². The van der Waals surface area contributed by atoms with Gasteiger partial charge in [-0.15, -0.1) is 0 Å². The highest BCUT2D eigenvalue weighted by atomic mass is 15.1. The normalized spacial score (nSPS) is 36.3. The number of nitrogens with zero attached hydrogens (tertiary/aromatic N) is 2.